The van der Waals surface area contributed by atoms with Crippen LogP contribution < -0.4 is 9.62 Å². The molecule has 0 spiro atoms. The molecule has 0 bridgehead atoms. The summed E-state index contributed by atoms with van der Waals surface area (Å²) in [6.07, 6.45) is 1.08. The molecule has 0 aliphatic rings. The molecule has 2 rings (SSSR count). The Labute approximate surface area is 210 Å². The Hall–Kier alpha value is -2.87. The van der Waals surface area contributed by atoms with Gasteiger partial charge in [-0.25, -0.2) is 8.42 Å². The van der Waals surface area contributed by atoms with Crippen molar-refractivity contribution in [3.05, 3.63) is 65.2 Å². The fourth-order valence-corrected chi connectivity index (χ4v) is 4.55. The molecule has 0 aliphatic heterocycles. The molecule has 0 aromatic heterocycles. The van der Waals surface area contributed by atoms with Gasteiger partial charge in [0.05, 0.1) is 11.9 Å². The first-order valence-corrected chi connectivity index (χ1v) is 13.7. The molecule has 1 atom stereocenters. The van der Waals surface area contributed by atoms with Gasteiger partial charge in [-0.15, -0.1) is 0 Å². The molecule has 0 fully saturated rings. The fraction of sp³-hybridized carbons (Fsp3) is 0.481. The zero-order valence-corrected chi connectivity index (χ0v) is 22.9. The highest BCUT2D eigenvalue weighted by Gasteiger charge is 2.30. The van der Waals surface area contributed by atoms with E-state index in [-0.39, 0.29) is 23.9 Å². The van der Waals surface area contributed by atoms with Gasteiger partial charge in [0.15, 0.2) is 0 Å². The van der Waals surface area contributed by atoms with Crippen LogP contribution in [-0.4, -0.2) is 50.0 Å². The molecule has 2 aromatic carbocycles. The molecular weight excluding hydrogens is 462 g/mol. The maximum atomic E-state index is 13.6. The first-order valence-electron chi connectivity index (χ1n) is 11.8. The predicted octanol–water partition coefficient (Wildman–Crippen LogP) is 4.00. The van der Waals surface area contributed by atoms with Gasteiger partial charge in [0.25, 0.3) is 0 Å². The van der Waals surface area contributed by atoms with Gasteiger partial charge >= 0.3 is 0 Å². The van der Waals surface area contributed by atoms with Crippen molar-refractivity contribution in [1.82, 2.24) is 10.2 Å². The third-order valence-corrected chi connectivity index (χ3v) is 7.04. The number of hydrogen-bond donors (Lipinski definition) is 1. The smallest absolute Gasteiger partial charge is 0.244 e. The molecule has 192 valence electrons. The third-order valence-electron chi connectivity index (χ3n) is 5.90. The summed E-state index contributed by atoms with van der Waals surface area (Å²) >= 11 is 0. The first-order chi connectivity index (χ1) is 16.1. The van der Waals surface area contributed by atoms with Gasteiger partial charge in [-0.05, 0) is 61.9 Å². The number of amides is 2. The standard InChI is InChI=1S/C27H39N3O4S/c1-19(2)28-26(32)21(4)29(17-22-12-10-9-11-20(22)3)25(31)18-30(35(8,33)34)24-15-13-23(14-16-24)27(5,6)7/h9-16,19,21H,17-18H2,1-8H3,(H,28,32)/t21-/m0/s1. The van der Waals surface area contributed by atoms with E-state index >= 15 is 0 Å². The normalized spacial score (nSPS) is 12.8. The van der Waals surface area contributed by atoms with Crippen molar-refractivity contribution in [2.24, 2.45) is 0 Å². The molecule has 35 heavy (non-hydrogen) atoms. The SMILES string of the molecule is Cc1ccccc1CN(C(=O)CN(c1ccc(C(C)(C)C)cc1)S(C)(=O)=O)[C@@H](C)C(=O)NC(C)C. The van der Waals surface area contributed by atoms with Gasteiger partial charge in [-0.2, -0.15) is 0 Å². The molecule has 0 heterocycles. The lowest BCUT2D eigenvalue weighted by atomic mass is 9.87. The number of aryl methyl sites for hydroxylation is 1. The first kappa shape index (κ1) is 28.4. The zero-order valence-electron chi connectivity index (χ0n) is 22.1. The summed E-state index contributed by atoms with van der Waals surface area (Å²) in [5.41, 5.74) is 3.25. The Balaban J connectivity index is 2.41. The molecular formula is C27H39N3O4S. The number of nitrogens with one attached hydrogen (secondary N) is 1. The van der Waals surface area contributed by atoms with Crippen LogP contribution in [-0.2, 0) is 31.6 Å². The molecule has 2 aromatic rings. The van der Waals surface area contributed by atoms with Crippen LogP contribution in [0.25, 0.3) is 0 Å². The maximum absolute atomic E-state index is 13.6. The van der Waals surface area contributed by atoms with E-state index in [4.69, 9.17) is 0 Å². The average Bonchev–Trinajstić information content (AvgIpc) is 2.74. The molecule has 0 aliphatic carbocycles. The van der Waals surface area contributed by atoms with Crippen molar-refractivity contribution in [3.8, 4) is 0 Å². The predicted molar refractivity (Wildman–Crippen MR) is 142 cm³/mol. The molecule has 0 unspecified atom stereocenters. The highest BCUT2D eigenvalue weighted by molar-refractivity contribution is 7.92. The monoisotopic (exact) mass is 501 g/mol. The van der Waals surface area contributed by atoms with Crippen LogP contribution in [0.3, 0.4) is 0 Å². The van der Waals surface area contributed by atoms with Gasteiger partial charge in [0.1, 0.15) is 12.6 Å². The van der Waals surface area contributed by atoms with Crippen LogP contribution in [0.4, 0.5) is 5.69 Å². The van der Waals surface area contributed by atoms with Crippen LogP contribution >= 0.6 is 0 Å². The summed E-state index contributed by atoms with van der Waals surface area (Å²) in [5, 5.41) is 2.85. The topological polar surface area (TPSA) is 86.8 Å². The van der Waals surface area contributed by atoms with Crippen molar-refractivity contribution in [2.45, 2.75) is 72.5 Å². The minimum atomic E-state index is -3.76. The van der Waals surface area contributed by atoms with E-state index in [1.807, 2.05) is 57.2 Å². The van der Waals surface area contributed by atoms with E-state index in [0.29, 0.717) is 5.69 Å². The van der Waals surface area contributed by atoms with Crippen LogP contribution in [0.5, 0.6) is 0 Å². The van der Waals surface area contributed by atoms with Gasteiger partial charge in [0.2, 0.25) is 21.8 Å². The second-order valence-electron chi connectivity index (χ2n) is 10.4. The minimum Gasteiger partial charge on any atom is -0.352 e. The van der Waals surface area contributed by atoms with Crippen molar-refractivity contribution in [1.29, 1.82) is 0 Å². The molecule has 2 amide bonds. The summed E-state index contributed by atoms with van der Waals surface area (Å²) in [6, 6.07) is 14.0. The van der Waals surface area contributed by atoms with E-state index in [0.717, 1.165) is 27.3 Å². The molecule has 8 heteroatoms. The summed E-state index contributed by atoms with van der Waals surface area (Å²) < 4.78 is 26.5. The van der Waals surface area contributed by atoms with Gasteiger partial charge < -0.3 is 10.2 Å². The Bertz CT molecular complexity index is 1140. The zero-order chi connectivity index (χ0) is 26.6. The van der Waals surface area contributed by atoms with E-state index in [1.165, 1.54) is 4.90 Å². The quantitative estimate of drug-likeness (QED) is 0.563. The Kier molecular flexibility index (Phi) is 9.11. The number of carbonyl (C=O) groups is 2. The summed E-state index contributed by atoms with van der Waals surface area (Å²) in [7, 11) is -3.76. The highest BCUT2D eigenvalue weighted by atomic mass is 32.2. The van der Waals surface area contributed by atoms with E-state index in [2.05, 4.69) is 26.1 Å². The molecule has 0 saturated heterocycles. The number of sulfonamides is 1. The highest BCUT2D eigenvalue weighted by Crippen LogP contribution is 2.26. The summed E-state index contributed by atoms with van der Waals surface area (Å²) in [4.78, 5) is 27.9. The number of nitrogens with zero attached hydrogens (tertiary/aromatic N) is 2. The number of rotatable bonds is 9. The third kappa shape index (κ3) is 7.82. The van der Waals surface area contributed by atoms with Crippen LogP contribution in [0.1, 0.15) is 58.2 Å². The van der Waals surface area contributed by atoms with Crippen LogP contribution in [0.15, 0.2) is 48.5 Å². The van der Waals surface area contributed by atoms with Crippen LogP contribution in [0.2, 0.25) is 0 Å². The second kappa shape index (κ2) is 11.2. The lowest BCUT2D eigenvalue weighted by molar-refractivity contribution is -0.139. The number of hydrogen-bond acceptors (Lipinski definition) is 4. The lowest BCUT2D eigenvalue weighted by Gasteiger charge is -2.32. The summed E-state index contributed by atoms with van der Waals surface area (Å²) in [6.45, 7) is 13.3. The van der Waals surface area contributed by atoms with Gasteiger partial charge in [-0.1, -0.05) is 57.2 Å². The van der Waals surface area contributed by atoms with E-state index < -0.39 is 28.5 Å². The van der Waals surface area contributed by atoms with Crippen molar-refractivity contribution >= 4 is 27.5 Å². The van der Waals surface area contributed by atoms with Gasteiger partial charge in [-0.3, -0.25) is 13.9 Å². The minimum absolute atomic E-state index is 0.0887. The Morgan fingerprint density at radius 2 is 1.54 bits per heavy atom. The summed E-state index contributed by atoms with van der Waals surface area (Å²) in [5.74, 6) is -0.743. The maximum Gasteiger partial charge on any atom is 0.244 e. The molecule has 0 saturated carbocycles. The molecule has 7 nitrogen and oxygen atoms in total. The molecule has 0 radical (unpaired) electrons. The average molecular weight is 502 g/mol. The number of anilines is 1. The fourth-order valence-electron chi connectivity index (χ4n) is 3.70. The molecule has 1 N–H and O–H groups in total. The number of carbonyl (C=O) groups excluding carboxylic acids is 2. The Morgan fingerprint density at radius 3 is 2.03 bits per heavy atom. The Morgan fingerprint density at radius 1 is 0.971 bits per heavy atom. The number of benzene rings is 2. The van der Waals surface area contributed by atoms with Crippen LogP contribution in [0, 0.1) is 6.92 Å². The van der Waals surface area contributed by atoms with E-state index in [1.54, 1.807) is 19.1 Å². The van der Waals surface area contributed by atoms with Gasteiger partial charge in [0, 0.05) is 12.6 Å². The van der Waals surface area contributed by atoms with Crippen molar-refractivity contribution in [2.75, 3.05) is 17.1 Å². The van der Waals surface area contributed by atoms with E-state index in [9.17, 15) is 18.0 Å². The largest absolute Gasteiger partial charge is 0.352 e. The van der Waals surface area contributed by atoms with Crippen molar-refractivity contribution in [3.63, 3.8) is 0 Å². The van der Waals surface area contributed by atoms with Crippen molar-refractivity contribution < 1.29 is 18.0 Å². The lowest BCUT2D eigenvalue weighted by Crippen LogP contribution is -2.52. The second-order valence-corrected chi connectivity index (χ2v) is 12.3.